The maximum Gasteiger partial charge on any atom is 0.257 e. The van der Waals surface area contributed by atoms with Crippen LogP contribution in [0.4, 0.5) is 11.4 Å². The molecule has 0 aliphatic carbocycles. The van der Waals surface area contributed by atoms with Gasteiger partial charge in [0, 0.05) is 5.69 Å². The SMILES string of the molecule is Cc1cc(NC(=O)c2ccccc2N)cnc1Br. The third kappa shape index (κ3) is 2.68. The van der Waals surface area contributed by atoms with Crippen molar-refractivity contribution in [3.63, 3.8) is 0 Å². The fourth-order valence-corrected chi connectivity index (χ4v) is 1.75. The Hall–Kier alpha value is -1.88. The molecule has 1 heterocycles. The Bertz CT molecular complexity index is 599. The van der Waals surface area contributed by atoms with Gasteiger partial charge in [-0.25, -0.2) is 4.98 Å². The highest BCUT2D eigenvalue weighted by atomic mass is 79.9. The van der Waals surface area contributed by atoms with Crippen molar-refractivity contribution in [1.29, 1.82) is 0 Å². The number of hydrogen-bond acceptors (Lipinski definition) is 3. The van der Waals surface area contributed by atoms with Crippen molar-refractivity contribution in [1.82, 2.24) is 4.98 Å². The number of hydrogen-bond donors (Lipinski definition) is 2. The molecule has 1 amide bonds. The van der Waals surface area contributed by atoms with E-state index in [-0.39, 0.29) is 5.91 Å². The molecule has 0 radical (unpaired) electrons. The van der Waals surface area contributed by atoms with Crippen molar-refractivity contribution >= 4 is 33.2 Å². The summed E-state index contributed by atoms with van der Waals surface area (Å²) in [6, 6.07) is 8.78. The molecule has 2 rings (SSSR count). The normalized spacial score (nSPS) is 10.1. The molecular formula is C13H12BrN3O. The molecule has 0 unspecified atom stereocenters. The molecular weight excluding hydrogens is 294 g/mol. The van der Waals surface area contributed by atoms with E-state index in [2.05, 4.69) is 26.2 Å². The van der Waals surface area contributed by atoms with Crippen molar-refractivity contribution in [2.24, 2.45) is 0 Å². The van der Waals surface area contributed by atoms with Crippen molar-refractivity contribution in [2.45, 2.75) is 6.92 Å². The van der Waals surface area contributed by atoms with Gasteiger partial charge in [0.25, 0.3) is 5.91 Å². The number of nitrogens with zero attached hydrogens (tertiary/aromatic N) is 1. The molecule has 1 aromatic heterocycles. The van der Waals surface area contributed by atoms with Crippen LogP contribution in [0, 0.1) is 6.92 Å². The number of nitrogens with one attached hydrogen (secondary N) is 1. The highest BCUT2D eigenvalue weighted by molar-refractivity contribution is 9.10. The van der Waals surface area contributed by atoms with Crippen LogP contribution in [0.1, 0.15) is 15.9 Å². The predicted molar refractivity (Wildman–Crippen MR) is 75.5 cm³/mol. The van der Waals surface area contributed by atoms with Crippen LogP contribution in [0.5, 0.6) is 0 Å². The van der Waals surface area contributed by atoms with Crippen LogP contribution >= 0.6 is 15.9 Å². The molecule has 92 valence electrons. The summed E-state index contributed by atoms with van der Waals surface area (Å²) in [4.78, 5) is 16.1. The minimum atomic E-state index is -0.239. The molecule has 2 aromatic rings. The topological polar surface area (TPSA) is 68.0 Å². The largest absolute Gasteiger partial charge is 0.398 e. The molecule has 0 bridgehead atoms. The van der Waals surface area contributed by atoms with E-state index in [1.54, 1.807) is 30.5 Å². The summed E-state index contributed by atoms with van der Waals surface area (Å²) in [5.74, 6) is -0.239. The summed E-state index contributed by atoms with van der Waals surface area (Å²) < 4.78 is 0.764. The van der Waals surface area contributed by atoms with Gasteiger partial charge >= 0.3 is 0 Å². The summed E-state index contributed by atoms with van der Waals surface area (Å²) in [5.41, 5.74) is 8.25. The number of anilines is 2. The van der Waals surface area contributed by atoms with E-state index in [0.717, 1.165) is 10.2 Å². The number of carbonyl (C=O) groups is 1. The van der Waals surface area contributed by atoms with E-state index in [4.69, 9.17) is 5.73 Å². The number of aryl methyl sites for hydroxylation is 1. The van der Waals surface area contributed by atoms with Gasteiger partial charge in [0.05, 0.1) is 17.4 Å². The number of nitrogen functional groups attached to an aromatic ring is 1. The maximum absolute atomic E-state index is 12.0. The van der Waals surface area contributed by atoms with Gasteiger partial charge in [0.1, 0.15) is 4.60 Å². The van der Waals surface area contributed by atoms with Gasteiger partial charge in [-0.05, 0) is 46.6 Å². The smallest absolute Gasteiger partial charge is 0.257 e. The first-order valence-electron chi connectivity index (χ1n) is 5.36. The van der Waals surface area contributed by atoms with Gasteiger partial charge in [-0.3, -0.25) is 4.79 Å². The number of amides is 1. The second kappa shape index (κ2) is 5.18. The lowest BCUT2D eigenvalue weighted by atomic mass is 10.1. The van der Waals surface area contributed by atoms with Crippen LogP contribution in [-0.2, 0) is 0 Å². The Balaban J connectivity index is 2.22. The lowest BCUT2D eigenvalue weighted by molar-refractivity contribution is 0.102. The molecule has 0 atom stereocenters. The molecule has 0 fully saturated rings. The molecule has 3 N–H and O–H groups in total. The standard InChI is InChI=1S/C13H12BrN3O/c1-8-6-9(7-16-12(8)14)17-13(18)10-4-2-3-5-11(10)15/h2-7H,15H2,1H3,(H,17,18). The number of para-hydroxylation sites is 1. The molecule has 0 saturated carbocycles. The quantitative estimate of drug-likeness (QED) is 0.662. The van der Waals surface area contributed by atoms with E-state index in [1.807, 2.05) is 13.0 Å². The Morgan fingerprint density at radius 3 is 2.78 bits per heavy atom. The number of benzene rings is 1. The summed E-state index contributed by atoms with van der Waals surface area (Å²) in [5, 5.41) is 2.76. The minimum Gasteiger partial charge on any atom is -0.398 e. The number of aromatic nitrogens is 1. The van der Waals surface area contributed by atoms with Crippen molar-refractivity contribution in [3.05, 3.63) is 52.3 Å². The van der Waals surface area contributed by atoms with Gasteiger partial charge in [0.15, 0.2) is 0 Å². The van der Waals surface area contributed by atoms with E-state index < -0.39 is 0 Å². The molecule has 18 heavy (non-hydrogen) atoms. The average Bonchev–Trinajstić information content (AvgIpc) is 2.34. The Kier molecular flexibility index (Phi) is 3.62. The van der Waals surface area contributed by atoms with Gasteiger partial charge in [-0.15, -0.1) is 0 Å². The number of pyridine rings is 1. The van der Waals surface area contributed by atoms with Crippen LogP contribution in [0.3, 0.4) is 0 Å². The molecule has 1 aromatic carbocycles. The zero-order valence-electron chi connectivity index (χ0n) is 9.77. The lowest BCUT2D eigenvalue weighted by Crippen LogP contribution is -2.14. The molecule has 0 saturated heterocycles. The molecule has 0 aliphatic heterocycles. The lowest BCUT2D eigenvalue weighted by Gasteiger charge is -2.08. The first kappa shape index (κ1) is 12.6. The van der Waals surface area contributed by atoms with Gasteiger partial charge in [0.2, 0.25) is 0 Å². The van der Waals surface area contributed by atoms with E-state index in [0.29, 0.717) is 16.9 Å². The Morgan fingerprint density at radius 1 is 1.39 bits per heavy atom. The number of carbonyl (C=O) groups excluding carboxylic acids is 1. The third-order valence-electron chi connectivity index (χ3n) is 2.48. The van der Waals surface area contributed by atoms with Crippen LogP contribution in [0.15, 0.2) is 41.1 Å². The first-order chi connectivity index (χ1) is 8.58. The molecule has 5 heteroatoms. The average molecular weight is 306 g/mol. The van der Waals surface area contributed by atoms with Crippen LogP contribution < -0.4 is 11.1 Å². The Labute approximate surface area is 113 Å². The summed E-state index contributed by atoms with van der Waals surface area (Å²) >= 11 is 3.31. The maximum atomic E-state index is 12.0. The van der Waals surface area contributed by atoms with Gasteiger partial charge in [-0.2, -0.15) is 0 Å². The van der Waals surface area contributed by atoms with Gasteiger partial charge in [-0.1, -0.05) is 12.1 Å². The third-order valence-corrected chi connectivity index (χ3v) is 3.31. The summed E-state index contributed by atoms with van der Waals surface area (Å²) in [7, 11) is 0. The summed E-state index contributed by atoms with van der Waals surface area (Å²) in [6.45, 7) is 1.91. The first-order valence-corrected chi connectivity index (χ1v) is 6.15. The van der Waals surface area contributed by atoms with Crippen LogP contribution in [0.2, 0.25) is 0 Å². The van der Waals surface area contributed by atoms with Crippen molar-refractivity contribution < 1.29 is 4.79 Å². The molecule has 4 nitrogen and oxygen atoms in total. The highest BCUT2D eigenvalue weighted by Crippen LogP contribution is 2.18. The Morgan fingerprint density at radius 2 is 2.11 bits per heavy atom. The second-order valence-corrected chi connectivity index (χ2v) is 4.62. The molecule has 0 aliphatic rings. The van der Waals surface area contributed by atoms with Gasteiger partial charge < -0.3 is 11.1 Å². The highest BCUT2D eigenvalue weighted by Gasteiger charge is 2.09. The number of nitrogens with two attached hydrogens (primary N) is 1. The van der Waals surface area contributed by atoms with Crippen LogP contribution in [-0.4, -0.2) is 10.9 Å². The predicted octanol–water partition coefficient (Wildman–Crippen LogP) is 2.99. The monoisotopic (exact) mass is 305 g/mol. The zero-order chi connectivity index (χ0) is 13.1. The van der Waals surface area contributed by atoms with Crippen LogP contribution in [0.25, 0.3) is 0 Å². The summed E-state index contributed by atoms with van der Waals surface area (Å²) in [6.07, 6.45) is 1.59. The fraction of sp³-hybridized carbons (Fsp3) is 0.0769. The van der Waals surface area contributed by atoms with E-state index >= 15 is 0 Å². The number of halogens is 1. The van der Waals surface area contributed by atoms with E-state index in [9.17, 15) is 4.79 Å². The minimum absolute atomic E-state index is 0.239. The van der Waals surface area contributed by atoms with Crippen molar-refractivity contribution in [3.8, 4) is 0 Å². The number of rotatable bonds is 2. The second-order valence-electron chi connectivity index (χ2n) is 3.87. The van der Waals surface area contributed by atoms with Crippen molar-refractivity contribution in [2.75, 3.05) is 11.1 Å². The molecule has 0 spiro atoms. The fourth-order valence-electron chi connectivity index (χ4n) is 1.53. The van der Waals surface area contributed by atoms with E-state index in [1.165, 1.54) is 0 Å². The zero-order valence-corrected chi connectivity index (χ0v) is 11.4.